The van der Waals surface area contributed by atoms with Gasteiger partial charge in [-0.25, -0.2) is 0 Å². The number of aromatic nitrogens is 3. The van der Waals surface area contributed by atoms with Crippen LogP contribution in [0.25, 0.3) is 16.9 Å². The van der Waals surface area contributed by atoms with Crippen LogP contribution in [0, 0.1) is 0 Å². The number of piperidine rings is 1. The first-order chi connectivity index (χ1) is 11.6. The van der Waals surface area contributed by atoms with Crippen molar-refractivity contribution in [2.24, 2.45) is 7.05 Å². The minimum atomic E-state index is -0.288. The number of fused-ring (bicyclic) bond motifs is 1. The largest absolute Gasteiger partial charge is 0.393 e. The van der Waals surface area contributed by atoms with Gasteiger partial charge in [0.2, 0.25) is 0 Å². The Morgan fingerprint density at radius 3 is 2.71 bits per heavy atom. The summed E-state index contributed by atoms with van der Waals surface area (Å²) in [6.45, 7) is 1.20. The molecule has 1 aliphatic heterocycles. The van der Waals surface area contributed by atoms with Crippen molar-refractivity contribution in [3.63, 3.8) is 0 Å². The summed E-state index contributed by atoms with van der Waals surface area (Å²) < 4.78 is 3.76. The molecule has 4 rings (SSSR count). The zero-order valence-corrected chi connectivity index (χ0v) is 13.6. The van der Waals surface area contributed by atoms with Gasteiger partial charge in [-0.05, 0) is 37.1 Å². The van der Waals surface area contributed by atoms with Gasteiger partial charge in [0.05, 0.1) is 22.9 Å². The number of aliphatic hydroxyl groups is 1. The van der Waals surface area contributed by atoms with Crippen molar-refractivity contribution in [2.75, 3.05) is 13.1 Å². The van der Waals surface area contributed by atoms with E-state index >= 15 is 0 Å². The third kappa shape index (κ3) is 2.49. The lowest BCUT2D eigenvalue weighted by Crippen LogP contribution is -2.40. The predicted molar refractivity (Wildman–Crippen MR) is 90.7 cm³/mol. The lowest BCUT2D eigenvalue weighted by molar-refractivity contribution is 0.0548. The molecule has 0 unspecified atom stereocenters. The van der Waals surface area contributed by atoms with E-state index in [1.165, 1.54) is 0 Å². The Labute approximate surface area is 139 Å². The van der Waals surface area contributed by atoms with Gasteiger partial charge in [0.15, 0.2) is 0 Å². The summed E-state index contributed by atoms with van der Waals surface area (Å²) in [5.41, 5.74) is 3.32. The number of pyridine rings is 1. The molecular weight excluding hydrogens is 304 g/mol. The van der Waals surface area contributed by atoms with Crippen molar-refractivity contribution in [2.45, 2.75) is 18.9 Å². The highest BCUT2D eigenvalue weighted by atomic mass is 16.3. The molecule has 0 spiro atoms. The molecule has 0 aliphatic carbocycles. The van der Waals surface area contributed by atoms with Gasteiger partial charge >= 0.3 is 0 Å². The van der Waals surface area contributed by atoms with E-state index in [4.69, 9.17) is 0 Å². The summed E-state index contributed by atoms with van der Waals surface area (Å²) in [7, 11) is 1.88. The van der Waals surface area contributed by atoms with E-state index in [1.807, 2.05) is 59.1 Å². The predicted octanol–water partition coefficient (Wildman–Crippen LogP) is 1.94. The lowest BCUT2D eigenvalue weighted by Gasteiger charge is -2.29. The van der Waals surface area contributed by atoms with Crippen molar-refractivity contribution in [3.05, 3.63) is 48.3 Å². The zero-order valence-electron chi connectivity index (χ0n) is 13.6. The summed E-state index contributed by atoms with van der Waals surface area (Å²) in [6.07, 6.45) is 4.85. The Morgan fingerprint density at radius 1 is 1.21 bits per heavy atom. The Hall–Kier alpha value is -2.60. The molecular formula is C18H20N4O2. The van der Waals surface area contributed by atoms with Crippen LogP contribution in [0.4, 0.5) is 0 Å². The van der Waals surface area contributed by atoms with Crippen molar-refractivity contribution in [3.8, 4) is 11.4 Å². The average Bonchev–Trinajstić information content (AvgIpc) is 3.18. The molecule has 3 aromatic heterocycles. The van der Waals surface area contributed by atoms with Crippen LogP contribution >= 0.6 is 0 Å². The first-order valence-electron chi connectivity index (χ1n) is 8.21. The SMILES string of the molecule is Cn1ccc(-c2cc(C(=O)N3CCC(O)CC3)c3ccccn23)n1. The van der Waals surface area contributed by atoms with Crippen molar-refractivity contribution >= 4 is 11.4 Å². The summed E-state index contributed by atoms with van der Waals surface area (Å²) >= 11 is 0. The van der Waals surface area contributed by atoms with Gasteiger partial charge in [-0.1, -0.05) is 6.07 Å². The third-order valence-corrected chi connectivity index (χ3v) is 4.63. The Balaban J connectivity index is 1.77. The van der Waals surface area contributed by atoms with Crippen molar-refractivity contribution in [1.82, 2.24) is 19.1 Å². The number of carbonyl (C=O) groups is 1. The Morgan fingerprint density at radius 2 is 2.00 bits per heavy atom. The monoisotopic (exact) mass is 324 g/mol. The molecule has 1 N–H and O–H groups in total. The highest BCUT2D eigenvalue weighted by Gasteiger charge is 2.25. The van der Waals surface area contributed by atoms with Gasteiger partial charge in [0.25, 0.3) is 5.91 Å². The topological polar surface area (TPSA) is 62.8 Å². The van der Waals surface area contributed by atoms with E-state index in [2.05, 4.69) is 5.10 Å². The van der Waals surface area contributed by atoms with E-state index in [9.17, 15) is 9.90 Å². The number of likely N-dealkylation sites (tertiary alicyclic amines) is 1. The number of rotatable bonds is 2. The Bertz CT molecular complexity index is 887. The van der Waals surface area contributed by atoms with Gasteiger partial charge in [0.1, 0.15) is 5.69 Å². The number of nitrogens with zero attached hydrogens (tertiary/aromatic N) is 4. The van der Waals surface area contributed by atoms with Gasteiger partial charge in [-0.3, -0.25) is 9.48 Å². The van der Waals surface area contributed by atoms with Gasteiger partial charge < -0.3 is 14.4 Å². The molecule has 24 heavy (non-hydrogen) atoms. The summed E-state index contributed by atoms with van der Waals surface area (Å²) in [5.74, 6) is 0.0211. The fraction of sp³-hybridized carbons (Fsp3) is 0.333. The molecule has 0 atom stereocenters. The molecule has 124 valence electrons. The highest BCUT2D eigenvalue weighted by Crippen LogP contribution is 2.27. The van der Waals surface area contributed by atoms with Crippen LogP contribution in [-0.4, -0.2) is 49.3 Å². The summed E-state index contributed by atoms with van der Waals surface area (Å²) in [6, 6.07) is 9.71. The molecule has 0 aromatic carbocycles. The Kier molecular flexibility index (Phi) is 3.61. The van der Waals surface area contributed by atoms with Crippen molar-refractivity contribution < 1.29 is 9.90 Å². The van der Waals surface area contributed by atoms with Gasteiger partial charge in [-0.2, -0.15) is 5.10 Å². The molecule has 3 aromatic rings. The van der Waals surface area contributed by atoms with Crippen LogP contribution in [0.3, 0.4) is 0 Å². The number of hydrogen-bond acceptors (Lipinski definition) is 3. The standard InChI is InChI=1S/C18H20N4O2/c1-20-9-7-15(19-20)17-12-14(16-4-2-3-8-22(16)17)18(24)21-10-5-13(23)6-11-21/h2-4,7-9,12-13,23H,5-6,10-11H2,1H3. The highest BCUT2D eigenvalue weighted by molar-refractivity contribution is 6.02. The molecule has 0 radical (unpaired) electrons. The smallest absolute Gasteiger partial charge is 0.256 e. The molecule has 1 saturated heterocycles. The van der Waals surface area contributed by atoms with E-state index in [1.54, 1.807) is 4.68 Å². The summed E-state index contributed by atoms with van der Waals surface area (Å²) in [5, 5.41) is 14.1. The van der Waals surface area contributed by atoms with Gasteiger partial charge in [-0.15, -0.1) is 0 Å². The first kappa shape index (κ1) is 15.0. The van der Waals surface area contributed by atoms with Crippen LogP contribution in [0.5, 0.6) is 0 Å². The number of amides is 1. The van der Waals surface area contributed by atoms with Crippen molar-refractivity contribution in [1.29, 1.82) is 0 Å². The average molecular weight is 324 g/mol. The molecule has 1 aliphatic rings. The van der Waals surface area contributed by atoms with Crippen LogP contribution in [0.2, 0.25) is 0 Å². The second-order valence-electron chi connectivity index (χ2n) is 6.30. The molecule has 6 heteroatoms. The maximum atomic E-state index is 13.0. The lowest BCUT2D eigenvalue weighted by atomic mass is 10.1. The molecule has 0 bridgehead atoms. The molecule has 1 amide bonds. The quantitative estimate of drug-likeness (QED) is 0.783. The first-order valence-corrected chi connectivity index (χ1v) is 8.21. The molecule has 0 saturated carbocycles. The minimum Gasteiger partial charge on any atom is -0.393 e. The van der Waals surface area contributed by atoms with E-state index in [-0.39, 0.29) is 12.0 Å². The number of aryl methyl sites for hydroxylation is 1. The second-order valence-corrected chi connectivity index (χ2v) is 6.30. The van der Waals surface area contributed by atoms with E-state index in [0.29, 0.717) is 31.5 Å². The normalized spacial score (nSPS) is 16.0. The van der Waals surface area contributed by atoms with Crippen LogP contribution in [-0.2, 0) is 7.05 Å². The molecule has 4 heterocycles. The maximum Gasteiger partial charge on any atom is 0.256 e. The van der Waals surface area contributed by atoms with Crippen LogP contribution in [0.1, 0.15) is 23.2 Å². The number of aliphatic hydroxyl groups excluding tert-OH is 1. The third-order valence-electron chi connectivity index (χ3n) is 4.63. The van der Waals surface area contributed by atoms with E-state index in [0.717, 1.165) is 16.9 Å². The van der Waals surface area contributed by atoms with Crippen LogP contribution < -0.4 is 0 Å². The van der Waals surface area contributed by atoms with E-state index < -0.39 is 0 Å². The molecule has 6 nitrogen and oxygen atoms in total. The summed E-state index contributed by atoms with van der Waals surface area (Å²) in [4.78, 5) is 14.8. The van der Waals surface area contributed by atoms with Crippen LogP contribution in [0.15, 0.2) is 42.7 Å². The number of carbonyl (C=O) groups excluding carboxylic acids is 1. The maximum absolute atomic E-state index is 13.0. The zero-order chi connectivity index (χ0) is 16.7. The fourth-order valence-electron chi connectivity index (χ4n) is 3.31. The molecule has 1 fully saturated rings. The second kappa shape index (κ2) is 5.79. The number of hydrogen-bond donors (Lipinski definition) is 1. The fourth-order valence-corrected chi connectivity index (χ4v) is 3.31. The minimum absolute atomic E-state index is 0.0211. The van der Waals surface area contributed by atoms with Gasteiger partial charge in [0, 0.05) is 32.5 Å².